The summed E-state index contributed by atoms with van der Waals surface area (Å²) in [5.41, 5.74) is 1.95. The van der Waals surface area contributed by atoms with E-state index in [9.17, 15) is 9.59 Å². The monoisotopic (exact) mass is 309 g/mol. The van der Waals surface area contributed by atoms with Crippen LogP contribution in [0.5, 0.6) is 0 Å². The van der Waals surface area contributed by atoms with Crippen molar-refractivity contribution in [1.29, 1.82) is 5.26 Å². The van der Waals surface area contributed by atoms with Crippen molar-refractivity contribution in [2.45, 2.75) is 19.0 Å². The first-order valence-electron chi connectivity index (χ1n) is 7.28. The molecule has 2 heterocycles. The fraction of sp³-hybridized carbons (Fsp3) is 0.235. The zero-order chi connectivity index (χ0) is 16.2. The van der Waals surface area contributed by atoms with E-state index in [0.717, 1.165) is 5.56 Å². The average molecular weight is 309 g/mol. The summed E-state index contributed by atoms with van der Waals surface area (Å²) >= 11 is 0. The number of carbonyl (C=O) groups is 2. The van der Waals surface area contributed by atoms with Crippen molar-refractivity contribution in [3.63, 3.8) is 0 Å². The average Bonchev–Trinajstić information content (AvgIpc) is 3.21. The molecular formula is C17H15N3O3. The Morgan fingerprint density at radius 3 is 2.78 bits per heavy atom. The van der Waals surface area contributed by atoms with Crippen LogP contribution in [0.1, 0.15) is 27.9 Å². The standard InChI is InChI=1S/C17H15N3O3/c18-9-12-1-3-13(4-2-12)10-20-7-5-15(17(20)22)19-16(21)14-6-8-23-11-14/h1-4,6,8,11,15H,5,7,10H2,(H,19,21)/t15-/m0/s1. The van der Waals surface area contributed by atoms with E-state index in [0.29, 0.717) is 30.6 Å². The molecule has 6 heteroatoms. The SMILES string of the molecule is N#Cc1ccc(CN2CC[C@H](NC(=O)c3ccoc3)C2=O)cc1. The maximum Gasteiger partial charge on any atom is 0.255 e. The van der Waals surface area contributed by atoms with E-state index >= 15 is 0 Å². The summed E-state index contributed by atoms with van der Waals surface area (Å²) in [5.74, 6) is -0.400. The molecule has 6 nitrogen and oxygen atoms in total. The van der Waals surface area contributed by atoms with Crippen LogP contribution in [0, 0.1) is 11.3 Å². The summed E-state index contributed by atoms with van der Waals surface area (Å²) in [6, 6.07) is 10.3. The highest BCUT2D eigenvalue weighted by molar-refractivity contribution is 5.97. The van der Waals surface area contributed by atoms with Crippen LogP contribution in [-0.2, 0) is 11.3 Å². The predicted octanol–water partition coefficient (Wildman–Crippen LogP) is 1.68. The molecule has 1 aliphatic heterocycles. The molecule has 116 valence electrons. The van der Waals surface area contributed by atoms with E-state index in [1.54, 1.807) is 23.1 Å². The van der Waals surface area contributed by atoms with Crippen LogP contribution < -0.4 is 5.32 Å². The lowest BCUT2D eigenvalue weighted by atomic mass is 10.1. The number of nitriles is 1. The summed E-state index contributed by atoms with van der Waals surface area (Å²) < 4.78 is 4.87. The van der Waals surface area contributed by atoms with Gasteiger partial charge in [0, 0.05) is 13.1 Å². The van der Waals surface area contributed by atoms with Crippen molar-refractivity contribution >= 4 is 11.8 Å². The number of carbonyl (C=O) groups excluding carboxylic acids is 2. The van der Waals surface area contributed by atoms with Gasteiger partial charge in [0.2, 0.25) is 5.91 Å². The first-order valence-corrected chi connectivity index (χ1v) is 7.28. The molecule has 1 aromatic carbocycles. The third-order valence-electron chi connectivity index (χ3n) is 3.84. The van der Waals surface area contributed by atoms with Gasteiger partial charge < -0.3 is 14.6 Å². The van der Waals surface area contributed by atoms with E-state index in [2.05, 4.69) is 11.4 Å². The number of nitrogens with one attached hydrogen (secondary N) is 1. The van der Waals surface area contributed by atoms with Gasteiger partial charge in [-0.2, -0.15) is 5.26 Å². The second-order valence-electron chi connectivity index (χ2n) is 5.40. The lowest BCUT2D eigenvalue weighted by Crippen LogP contribution is -2.41. The molecule has 0 saturated carbocycles. The Labute approximate surface area is 133 Å². The van der Waals surface area contributed by atoms with Crippen LogP contribution in [0.15, 0.2) is 47.3 Å². The number of furan rings is 1. The maximum atomic E-state index is 12.4. The Bertz CT molecular complexity index is 744. The number of hydrogen-bond acceptors (Lipinski definition) is 4. The molecule has 0 aliphatic carbocycles. The van der Waals surface area contributed by atoms with Crippen molar-refractivity contribution in [1.82, 2.24) is 10.2 Å². The van der Waals surface area contributed by atoms with Gasteiger partial charge >= 0.3 is 0 Å². The molecule has 1 N–H and O–H groups in total. The molecule has 2 amide bonds. The number of amides is 2. The van der Waals surface area contributed by atoms with Gasteiger partial charge in [0.05, 0.1) is 23.5 Å². The minimum Gasteiger partial charge on any atom is -0.472 e. The summed E-state index contributed by atoms with van der Waals surface area (Å²) in [6.07, 6.45) is 3.35. The van der Waals surface area contributed by atoms with E-state index in [-0.39, 0.29) is 11.8 Å². The van der Waals surface area contributed by atoms with E-state index in [1.807, 2.05) is 12.1 Å². The molecule has 0 bridgehead atoms. The summed E-state index contributed by atoms with van der Waals surface area (Å²) in [5, 5.41) is 11.5. The molecule has 1 aliphatic rings. The molecule has 23 heavy (non-hydrogen) atoms. The summed E-state index contributed by atoms with van der Waals surface area (Å²) in [7, 11) is 0. The van der Waals surface area contributed by atoms with Gasteiger partial charge in [0.15, 0.2) is 0 Å². The quantitative estimate of drug-likeness (QED) is 0.931. The Morgan fingerprint density at radius 1 is 1.35 bits per heavy atom. The summed E-state index contributed by atoms with van der Waals surface area (Å²) in [4.78, 5) is 26.1. The van der Waals surface area contributed by atoms with Crippen molar-refractivity contribution < 1.29 is 14.0 Å². The lowest BCUT2D eigenvalue weighted by Gasteiger charge is -2.17. The van der Waals surface area contributed by atoms with Crippen molar-refractivity contribution in [2.24, 2.45) is 0 Å². The van der Waals surface area contributed by atoms with Crippen LogP contribution >= 0.6 is 0 Å². The highest BCUT2D eigenvalue weighted by Crippen LogP contribution is 2.16. The van der Waals surface area contributed by atoms with Gasteiger partial charge in [-0.25, -0.2) is 0 Å². The third-order valence-corrected chi connectivity index (χ3v) is 3.84. The fourth-order valence-corrected chi connectivity index (χ4v) is 2.57. The van der Waals surface area contributed by atoms with Crippen molar-refractivity contribution in [3.05, 3.63) is 59.5 Å². The van der Waals surface area contributed by atoms with Gasteiger partial charge in [-0.15, -0.1) is 0 Å². The van der Waals surface area contributed by atoms with Gasteiger partial charge in [0.25, 0.3) is 5.91 Å². The van der Waals surface area contributed by atoms with Crippen LogP contribution in [0.4, 0.5) is 0 Å². The zero-order valence-corrected chi connectivity index (χ0v) is 12.4. The largest absolute Gasteiger partial charge is 0.472 e. The van der Waals surface area contributed by atoms with E-state index in [1.165, 1.54) is 12.5 Å². The Balaban J connectivity index is 1.60. The predicted molar refractivity (Wildman–Crippen MR) is 81.2 cm³/mol. The third kappa shape index (κ3) is 3.24. The van der Waals surface area contributed by atoms with Crippen LogP contribution in [-0.4, -0.2) is 29.3 Å². The Kier molecular flexibility index (Phi) is 4.11. The molecule has 1 atom stereocenters. The molecule has 0 spiro atoms. The number of likely N-dealkylation sites (tertiary alicyclic amines) is 1. The maximum absolute atomic E-state index is 12.4. The van der Waals surface area contributed by atoms with E-state index in [4.69, 9.17) is 9.68 Å². The smallest absolute Gasteiger partial charge is 0.255 e. The van der Waals surface area contributed by atoms with E-state index < -0.39 is 6.04 Å². The van der Waals surface area contributed by atoms with Gasteiger partial charge in [-0.05, 0) is 30.2 Å². The highest BCUT2D eigenvalue weighted by Gasteiger charge is 2.32. The molecule has 3 rings (SSSR count). The van der Waals surface area contributed by atoms with Crippen molar-refractivity contribution in [2.75, 3.05) is 6.54 Å². The van der Waals surface area contributed by atoms with Crippen LogP contribution in [0.3, 0.4) is 0 Å². The molecule has 0 unspecified atom stereocenters. The second-order valence-corrected chi connectivity index (χ2v) is 5.40. The molecule has 0 radical (unpaired) electrons. The molecular weight excluding hydrogens is 294 g/mol. The van der Waals surface area contributed by atoms with Gasteiger partial charge in [0.1, 0.15) is 12.3 Å². The molecule has 1 saturated heterocycles. The van der Waals surface area contributed by atoms with Crippen molar-refractivity contribution in [3.8, 4) is 6.07 Å². The second kappa shape index (κ2) is 6.36. The Hall–Kier alpha value is -3.07. The van der Waals surface area contributed by atoms with Gasteiger partial charge in [-0.1, -0.05) is 12.1 Å². The van der Waals surface area contributed by atoms with Crippen LogP contribution in [0.25, 0.3) is 0 Å². The lowest BCUT2D eigenvalue weighted by molar-refractivity contribution is -0.129. The van der Waals surface area contributed by atoms with Crippen LogP contribution in [0.2, 0.25) is 0 Å². The number of rotatable bonds is 4. The number of hydrogen-bond donors (Lipinski definition) is 1. The first kappa shape index (κ1) is 14.9. The minimum absolute atomic E-state index is 0.0915. The first-order chi connectivity index (χ1) is 11.2. The molecule has 1 fully saturated rings. The minimum atomic E-state index is -0.504. The topological polar surface area (TPSA) is 86.3 Å². The molecule has 1 aromatic heterocycles. The fourth-order valence-electron chi connectivity index (χ4n) is 2.57. The summed E-state index contributed by atoms with van der Waals surface area (Å²) in [6.45, 7) is 1.07. The van der Waals surface area contributed by atoms with Gasteiger partial charge in [-0.3, -0.25) is 9.59 Å². The highest BCUT2D eigenvalue weighted by atomic mass is 16.3. The zero-order valence-electron chi connectivity index (χ0n) is 12.4. The number of nitrogens with zero attached hydrogens (tertiary/aromatic N) is 2. The number of benzene rings is 1. The normalized spacial score (nSPS) is 17.1. The molecule has 2 aromatic rings. The Morgan fingerprint density at radius 2 is 2.13 bits per heavy atom.